The lowest BCUT2D eigenvalue weighted by atomic mass is 10.1. The van der Waals surface area contributed by atoms with Crippen LogP contribution in [-0.4, -0.2) is 31.7 Å². The number of amides is 1. The molecule has 1 amide bonds. The molecule has 26 heavy (non-hydrogen) atoms. The fraction of sp³-hybridized carbons (Fsp3) is 0.190. The Kier molecular flexibility index (Phi) is 5.59. The van der Waals surface area contributed by atoms with Crippen LogP contribution in [0, 0.1) is 0 Å². The van der Waals surface area contributed by atoms with Gasteiger partial charge in [-0.25, -0.2) is 0 Å². The van der Waals surface area contributed by atoms with E-state index in [1.165, 1.54) is 17.0 Å². The van der Waals surface area contributed by atoms with Gasteiger partial charge in [0.25, 0.3) is 0 Å². The van der Waals surface area contributed by atoms with Crippen LogP contribution in [0.25, 0.3) is 17.0 Å². The fourth-order valence-electron chi connectivity index (χ4n) is 2.85. The number of hydrogen-bond acceptors (Lipinski definition) is 3. The van der Waals surface area contributed by atoms with Crippen LogP contribution in [0.15, 0.2) is 54.7 Å². The second-order valence-electron chi connectivity index (χ2n) is 5.85. The molecule has 0 atom stereocenters. The fourth-order valence-corrected chi connectivity index (χ4v) is 2.85. The Bertz CT molecular complexity index is 928. The summed E-state index contributed by atoms with van der Waals surface area (Å²) in [6.45, 7) is 0.580. The number of fused-ring (bicyclic) bond motifs is 1. The number of carbonyl (C=O) groups excluding carboxylic acids is 1. The molecule has 2 N–H and O–H groups in total. The second kappa shape index (κ2) is 8.25. The molecule has 3 aromatic rings. The minimum Gasteiger partial charge on any atom is -0.493 e. The Morgan fingerprint density at radius 3 is 2.73 bits per heavy atom. The van der Waals surface area contributed by atoms with E-state index in [1.54, 1.807) is 20.3 Å². The molecule has 0 aliphatic rings. The number of benzene rings is 2. The maximum atomic E-state index is 12.0. The molecule has 5 heteroatoms. The molecular weight excluding hydrogens is 328 g/mol. The van der Waals surface area contributed by atoms with Gasteiger partial charge in [-0.2, -0.15) is 0 Å². The lowest BCUT2D eigenvalue weighted by Gasteiger charge is -2.07. The van der Waals surface area contributed by atoms with Crippen molar-refractivity contribution in [3.8, 4) is 11.5 Å². The van der Waals surface area contributed by atoms with Crippen molar-refractivity contribution in [3.63, 3.8) is 0 Å². The summed E-state index contributed by atoms with van der Waals surface area (Å²) in [6, 6.07) is 13.7. The molecule has 0 unspecified atom stereocenters. The third-order valence-electron chi connectivity index (χ3n) is 4.20. The van der Waals surface area contributed by atoms with E-state index >= 15 is 0 Å². The van der Waals surface area contributed by atoms with Crippen molar-refractivity contribution in [2.75, 3.05) is 20.8 Å². The molecule has 0 spiro atoms. The molecule has 0 bridgehead atoms. The van der Waals surface area contributed by atoms with Gasteiger partial charge in [0.05, 0.1) is 14.2 Å². The molecule has 0 saturated carbocycles. The SMILES string of the molecule is COc1ccc(C=CC(=O)NCCc2c[nH]c3ccccc23)cc1OC. The first kappa shape index (κ1) is 17.6. The van der Waals surface area contributed by atoms with E-state index in [4.69, 9.17) is 9.47 Å². The number of hydrogen-bond donors (Lipinski definition) is 2. The molecule has 1 aromatic heterocycles. The number of H-pyrrole nitrogens is 1. The highest BCUT2D eigenvalue weighted by molar-refractivity contribution is 5.91. The topological polar surface area (TPSA) is 63.3 Å². The lowest BCUT2D eigenvalue weighted by molar-refractivity contribution is -0.116. The average Bonchev–Trinajstić information content (AvgIpc) is 3.09. The molecular formula is C21H22N2O3. The zero-order valence-electron chi connectivity index (χ0n) is 14.9. The highest BCUT2D eigenvalue weighted by Gasteiger charge is 2.04. The first-order chi connectivity index (χ1) is 12.7. The maximum Gasteiger partial charge on any atom is 0.244 e. The molecule has 134 valence electrons. The van der Waals surface area contributed by atoms with Gasteiger partial charge in [-0.05, 0) is 41.8 Å². The number of methoxy groups -OCH3 is 2. The predicted molar refractivity (Wildman–Crippen MR) is 104 cm³/mol. The Balaban J connectivity index is 1.55. The third kappa shape index (κ3) is 4.06. The van der Waals surface area contributed by atoms with Crippen LogP contribution < -0.4 is 14.8 Å². The normalized spacial score (nSPS) is 11.0. The monoisotopic (exact) mass is 350 g/mol. The van der Waals surface area contributed by atoms with Gasteiger partial charge in [0, 0.05) is 29.7 Å². The summed E-state index contributed by atoms with van der Waals surface area (Å²) in [7, 11) is 3.18. The van der Waals surface area contributed by atoms with E-state index in [0.717, 1.165) is 17.5 Å². The predicted octanol–water partition coefficient (Wildman–Crippen LogP) is 3.56. The van der Waals surface area contributed by atoms with E-state index in [1.807, 2.05) is 42.6 Å². The third-order valence-corrected chi connectivity index (χ3v) is 4.20. The first-order valence-corrected chi connectivity index (χ1v) is 8.44. The molecule has 1 heterocycles. The summed E-state index contributed by atoms with van der Waals surface area (Å²) in [5.41, 5.74) is 3.18. The minimum atomic E-state index is -0.125. The van der Waals surface area contributed by atoms with Gasteiger partial charge >= 0.3 is 0 Å². The number of aromatic amines is 1. The van der Waals surface area contributed by atoms with Crippen LogP contribution in [0.1, 0.15) is 11.1 Å². The van der Waals surface area contributed by atoms with Crippen LogP contribution in [0.5, 0.6) is 11.5 Å². The Morgan fingerprint density at radius 1 is 1.12 bits per heavy atom. The molecule has 5 nitrogen and oxygen atoms in total. The largest absolute Gasteiger partial charge is 0.493 e. The van der Waals surface area contributed by atoms with Crippen LogP contribution in [0.3, 0.4) is 0 Å². The molecule has 3 rings (SSSR count). The number of rotatable bonds is 7. The quantitative estimate of drug-likeness (QED) is 0.641. The summed E-state index contributed by atoms with van der Waals surface area (Å²) < 4.78 is 10.5. The zero-order valence-corrected chi connectivity index (χ0v) is 14.9. The van der Waals surface area contributed by atoms with Gasteiger partial charge in [-0.3, -0.25) is 4.79 Å². The Hall–Kier alpha value is -3.21. The maximum absolute atomic E-state index is 12.0. The van der Waals surface area contributed by atoms with Crippen molar-refractivity contribution in [2.24, 2.45) is 0 Å². The minimum absolute atomic E-state index is 0.125. The van der Waals surface area contributed by atoms with Crippen molar-refractivity contribution in [1.29, 1.82) is 0 Å². The standard InChI is InChI=1S/C21H22N2O3/c1-25-19-9-7-15(13-20(19)26-2)8-10-21(24)22-12-11-16-14-23-18-6-4-3-5-17(16)18/h3-10,13-14,23H,11-12H2,1-2H3,(H,22,24). The van der Waals surface area contributed by atoms with Crippen molar-refractivity contribution >= 4 is 22.9 Å². The second-order valence-corrected chi connectivity index (χ2v) is 5.85. The molecule has 0 radical (unpaired) electrons. The Labute approximate surface area is 152 Å². The summed E-state index contributed by atoms with van der Waals surface area (Å²) >= 11 is 0. The number of carbonyl (C=O) groups is 1. The highest BCUT2D eigenvalue weighted by atomic mass is 16.5. The molecule has 0 saturated heterocycles. The number of aromatic nitrogens is 1. The zero-order chi connectivity index (χ0) is 18.4. The van der Waals surface area contributed by atoms with Crippen LogP contribution >= 0.6 is 0 Å². The smallest absolute Gasteiger partial charge is 0.244 e. The molecule has 0 aliphatic carbocycles. The highest BCUT2D eigenvalue weighted by Crippen LogP contribution is 2.27. The van der Waals surface area contributed by atoms with E-state index in [9.17, 15) is 4.79 Å². The summed E-state index contributed by atoms with van der Waals surface area (Å²) in [4.78, 5) is 15.3. The van der Waals surface area contributed by atoms with Crippen molar-refractivity contribution in [3.05, 3.63) is 65.9 Å². The van der Waals surface area contributed by atoms with Crippen LogP contribution in [0.4, 0.5) is 0 Å². The van der Waals surface area contributed by atoms with Crippen molar-refractivity contribution in [1.82, 2.24) is 10.3 Å². The van der Waals surface area contributed by atoms with Gasteiger partial charge in [0.1, 0.15) is 0 Å². The van der Waals surface area contributed by atoms with Crippen molar-refractivity contribution in [2.45, 2.75) is 6.42 Å². The molecule has 0 aliphatic heterocycles. The van der Waals surface area contributed by atoms with E-state index in [-0.39, 0.29) is 5.91 Å². The Morgan fingerprint density at radius 2 is 1.92 bits per heavy atom. The van der Waals surface area contributed by atoms with Crippen molar-refractivity contribution < 1.29 is 14.3 Å². The van der Waals surface area contributed by atoms with E-state index in [2.05, 4.69) is 16.4 Å². The average molecular weight is 350 g/mol. The van der Waals surface area contributed by atoms with E-state index < -0.39 is 0 Å². The number of para-hydroxylation sites is 1. The van der Waals surface area contributed by atoms with Gasteiger partial charge < -0.3 is 19.8 Å². The molecule has 2 aromatic carbocycles. The summed E-state index contributed by atoms with van der Waals surface area (Å²) in [5.74, 6) is 1.17. The van der Waals surface area contributed by atoms with Gasteiger partial charge in [0.15, 0.2) is 11.5 Å². The van der Waals surface area contributed by atoms with Crippen LogP contribution in [-0.2, 0) is 11.2 Å². The van der Waals surface area contributed by atoms with E-state index in [0.29, 0.717) is 18.0 Å². The summed E-state index contributed by atoms with van der Waals surface area (Å²) in [6.07, 6.45) is 6.05. The van der Waals surface area contributed by atoms with Gasteiger partial charge in [-0.15, -0.1) is 0 Å². The van der Waals surface area contributed by atoms with Gasteiger partial charge in [-0.1, -0.05) is 24.3 Å². The van der Waals surface area contributed by atoms with Gasteiger partial charge in [0.2, 0.25) is 5.91 Å². The number of nitrogens with one attached hydrogen (secondary N) is 2. The number of ether oxygens (including phenoxy) is 2. The molecule has 0 fully saturated rings. The first-order valence-electron chi connectivity index (χ1n) is 8.44. The van der Waals surface area contributed by atoms with Crippen LogP contribution in [0.2, 0.25) is 0 Å². The summed E-state index contributed by atoms with van der Waals surface area (Å²) in [5, 5.41) is 4.11. The lowest BCUT2D eigenvalue weighted by Crippen LogP contribution is -2.23.